The molecule has 1 aromatic carbocycles. The summed E-state index contributed by atoms with van der Waals surface area (Å²) in [6, 6.07) is 3.13. The summed E-state index contributed by atoms with van der Waals surface area (Å²) in [4.78, 5) is 2.00. The zero-order valence-electron chi connectivity index (χ0n) is 10.8. The summed E-state index contributed by atoms with van der Waals surface area (Å²) in [7, 11) is 0. The van der Waals surface area contributed by atoms with Gasteiger partial charge in [0.25, 0.3) is 0 Å². The Morgan fingerprint density at radius 3 is 2.50 bits per heavy atom. The topological polar surface area (TPSA) is 35.5 Å². The lowest BCUT2D eigenvalue weighted by Gasteiger charge is -2.34. The standard InChI is InChI=1S/C13H16BrF3N2O/c14-11-2-1-9(13(15,16)17)7-10(11)12(8-20)19-5-3-18-4-6-19/h1-2,7,12,18,20H,3-6,8H2/t12-/m0/s1. The summed E-state index contributed by atoms with van der Waals surface area (Å²) >= 11 is 3.28. The van der Waals surface area contributed by atoms with Crippen LogP contribution in [0, 0.1) is 0 Å². The van der Waals surface area contributed by atoms with Gasteiger partial charge in [-0.15, -0.1) is 0 Å². The molecule has 2 N–H and O–H groups in total. The molecule has 20 heavy (non-hydrogen) atoms. The maximum absolute atomic E-state index is 12.8. The molecule has 0 aromatic heterocycles. The van der Waals surface area contributed by atoms with Gasteiger partial charge in [0, 0.05) is 30.7 Å². The van der Waals surface area contributed by atoms with Crippen molar-refractivity contribution in [2.75, 3.05) is 32.8 Å². The van der Waals surface area contributed by atoms with E-state index in [1.807, 2.05) is 4.90 Å². The highest BCUT2D eigenvalue weighted by Crippen LogP contribution is 2.35. The van der Waals surface area contributed by atoms with Crippen molar-refractivity contribution in [1.82, 2.24) is 10.2 Å². The fourth-order valence-electron chi connectivity index (χ4n) is 2.38. The van der Waals surface area contributed by atoms with E-state index in [4.69, 9.17) is 0 Å². The highest BCUT2D eigenvalue weighted by molar-refractivity contribution is 9.10. The summed E-state index contributed by atoms with van der Waals surface area (Å²) in [6.07, 6.45) is -4.38. The molecule has 0 saturated carbocycles. The Hall–Kier alpha value is -0.630. The van der Waals surface area contributed by atoms with Crippen molar-refractivity contribution < 1.29 is 18.3 Å². The Bertz CT molecular complexity index is 461. The molecule has 0 aliphatic carbocycles. The van der Waals surface area contributed by atoms with Crippen molar-refractivity contribution in [3.05, 3.63) is 33.8 Å². The Kier molecular flexibility index (Phi) is 5.06. The van der Waals surface area contributed by atoms with Gasteiger partial charge >= 0.3 is 6.18 Å². The first-order valence-electron chi connectivity index (χ1n) is 6.35. The van der Waals surface area contributed by atoms with Crippen LogP contribution in [0.3, 0.4) is 0 Å². The van der Waals surface area contributed by atoms with Crippen molar-refractivity contribution in [1.29, 1.82) is 0 Å². The number of benzene rings is 1. The van der Waals surface area contributed by atoms with Crippen molar-refractivity contribution in [2.45, 2.75) is 12.2 Å². The maximum atomic E-state index is 12.8. The molecule has 2 rings (SSSR count). The Balaban J connectivity index is 2.32. The molecule has 0 unspecified atom stereocenters. The number of piperazine rings is 1. The van der Waals surface area contributed by atoms with Gasteiger partial charge in [-0.3, -0.25) is 4.90 Å². The molecule has 1 saturated heterocycles. The summed E-state index contributed by atoms with van der Waals surface area (Å²) in [5.74, 6) is 0. The monoisotopic (exact) mass is 352 g/mol. The van der Waals surface area contributed by atoms with Gasteiger partial charge in [0.05, 0.1) is 18.2 Å². The first-order valence-corrected chi connectivity index (χ1v) is 7.15. The van der Waals surface area contributed by atoms with Gasteiger partial charge in [0.15, 0.2) is 0 Å². The number of nitrogens with one attached hydrogen (secondary N) is 1. The summed E-state index contributed by atoms with van der Waals surface area (Å²) < 4.78 is 39.0. The number of aliphatic hydroxyl groups excluding tert-OH is 1. The van der Waals surface area contributed by atoms with Gasteiger partial charge < -0.3 is 10.4 Å². The highest BCUT2D eigenvalue weighted by Gasteiger charge is 2.32. The van der Waals surface area contributed by atoms with Crippen LogP contribution in [-0.2, 0) is 6.18 Å². The van der Waals surface area contributed by atoms with Crippen molar-refractivity contribution in [3.63, 3.8) is 0 Å². The van der Waals surface area contributed by atoms with Gasteiger partial charge in [0.1, 0.15) is 0 Å². The Morgan fingerprint density at radius 2 is 1.95 bits per heavy atom. The number of nitrogens with zero attached hydrogens (tertiary/aromatic N) is 1. The quantitative estimate of drug-likeness (QED) is 0.876. The first kappa shape index (κ1) is 15.8. The molecule has 1 heterocycles. The Labute approximate surface area is 123 Å². The van der Waals surface area contributed by atoms with Crippen molar-refractivity contribution in [3.8, 4) is 0 Å². The van der Waals surface area contributed by atoms with Crippen LogP contribution < -0.4 is 5.32 Å². The lowest BCUT2D eigenvalue weighted by Crippen LogP contribution is -2.46. The second-order valence-electron chi connectivity index (χ2n) is 4.72. The van der Waals surface area contributed by atoms with Crippen LogP contribution >= 0.6 is 15.9 Å². The SMILES string of the molecule is OC[C@@H](c1cc(C(F)(F)F)ccc1Br)N1CCNCC1. The number of alkyl halides is 3. The van der Waals surface area contributed by atoms with Crippen LogP contribution in [0.1, 0.15) is 17.2 Å². The zero-order chi connectivity index (χ0) is 14.8. The Morgan fingerprint density at radius 1 is 1.30 bits per heavy atom. The van der Waals surface area contributed by atoms with Crippen LogP contribution in [0.4, 0.5) is 13.2 Å². The molecule has 1 atom stereocenters. The molecular formula is C13H16BrF3N2O. The van der Waals surface area contributed by atoms with Crippen molar-refractivity contribution >= 4 is 15.9 Å². The molecule has 0 radical (unpaired) electrons. The lowest BCUT2D eigenvalue weighted by molar-refractivity contribution is -0.137. The average molecular weight is 353 g/mol. The van der Waals surface area contributed by atoms with E-state index in [1.54, 1.807) is 0 Å². The summed E-state index contributed by atoms with van der Waals surface area (Å²) in [5.41, 5.74) is -0.214. The van der Waals surface area contributed by atoms with Gasteiger partial charge in [-0.05, 0) is 23.8 Å². The molecule has 7 heteroatoms. The van der Waals surface area contributed by atoms with E-state index in [2.05, 4.69) is 21.2 Å². The fourth-order valence-corrected chi connectivity index (χ4v) is 2.89. The normalized spacial score (nSPS) is 19.1. The van der Waals surface area contributed by atoms with E-state index in [0.717, 1.165) is 25.2 Å². The second kappa shape index (κ2) is 6.43. The molecule has 1 aliphatic rings. The minimum absolute atomic E-state index is 0.208. The third-order valence-electron chi connectivity index (χ3n) is 3.45. The molecule has 3 nitrogen and oxygen atoms in total. The number of aliphatic hydroxyl groups is 1. The largest absolute Gasteiger partial charge is 0.416 e. The maximum Gasteiger partial charge on any atom is 0.416 e. The van der Waals surface area contributed by atoms with Crippen LogP contribution in [0.25, 0.3) is 0 Å². The minimum Gasteiger partial charge on any atom is -0.394 e. The first-order chi connectivity index (χ1) is 9.43. The van der Waals surface area contributed by atoms with E-state index in [1.165, 1.54) is 6.07 Å². The smallest absolute Gasteiger partial charge is 0.394 e. The molecule has 1 fully saturated rings. The second-order valence-corrected chi connectivity index (χ2v) is 5.57. The predicted octanol–water partition coefficient (Wildman–Crippen LogP) is 2.41. The van der Waals surface area contributed by atoms with Crippen LogP contribution in [0.2, 0.25) is 0 Å². The van der Waals surface area contributed by atoms with E-state index in [0.29, 0.717) is 23.1 Å². The number of hydrogen-bond donors (Lipinski definition) is 2. The average Bonchev–Trinajstić information content (AvgIpc) is 2.41. The third kappa shape index (κ3) is 3.52. The molecule has 1 aliphatic heterocycles. The molecular weight excluding hydrogens is 337 g/mol. The number of rotatable bonds is 3. The predicted molar refractivity (Wildman–Crippen MR) is 73.4 cm³/mol. The van der Waals surface area contributed by atoms with Gasteiger partial charge in [-0.1, -0.05) is 15.9 Å². The van der Waals surface area contributed by atoms with Gasteiger partial charge in [0.2, 0.25) is 0 Å². The molecule has 112 valence electrons. The van der Waals surface area contributed by atoms with E-state index in [-0.39, 0.29) is 6.61 Å². The number of halogens is 4. The van der Waals surface area contributed by atoms with Gasteiger partial charge in [-0.2, -0.15) is 13.2 Å². The summed E-state index contributed by atoms with van der Waals surface area (Å²) in [5, 5.41) is 12.8. The third-order valence-corrected chi connectivity index (χ3v) is 4.17. The van der Waals surface area contributed by atoms with Crippen LogP contribution in [0.5, 0.6) is 0 Å². The van der Waals surface area contributed by atoms with Crippen LogP contribution in [-0.4, -0.2) is 42.8 Å². The van der Waals surface area contributed by atoms with E-state index in [9.17, 15) is 18.3 Å². The molecule has 0 bridgehead atoms. The summed E-state index contributed by atoms with van der Waals surface area (Å²) in [6.45, 7) is 2.74. The van der Waals surface area contributed by atoms with Crippen molar-refractivity contribution in [2.24, 2.45) is 0 Å². The number of hydrogen-bond acceptors (Lipinski definition) is 3. The molecule has 0 spiro atoms. The lowest BCUT2D eigenvalue weighted by atomic mass is 10.0. The zero-order valence-corrected chi connectivity index (χ0v) is 12.3. The van der Waals surface area contributed by atoms with Gasteiger partial charge in [-0.25, -0.2) is 0 Å². The minimum atomic E-state index is -4.38. The molecule has 1 aromatic rings. The highest BCUT2D eigenvalue weighted by atomic mass is 79.9. The van der Waals surface area contributed by atoms with E-state index >= 15 is 0 Å². The van der Waals surface area contributed by atoms with Crippen LogP contribution in [0.15, 0.2) is 22.7 Å². The fraction of sp³-hybridized carbons (Fsp3) is 0.538. The molecule has 0 amide bonds. The van der Waals surface area contributed by atoms with E-state index < -0.39 is 17.8 Å².